The molecule has 0 heterocycles. The minimum Gasteiger partial charge on any atom is -0.395 e. The second kappa shape index (κ2) is 7.34. The van der Waals surface area contributed by atoms with Gasteiger partial charge in [0, 0.05) is 19.1 Å². The third kappa shape index (κ3) is 3.68. The number of hydrogen-bond acceptors (Lipinski definition) is 3. The molecule has 0 aromatic heterocycles. The summed E-state index contributed by atoms with van der Waals surface area (Å²) >= 11 is 0. The summed E-state index contributed by atoms with van der Waals surface area (Å²) in [7, 11) is 0. The average Bonchev–Trinajstić information content (AvgIpc) is 2.34. The molecule has 1 aromatic rings. The minimum absolute atomic E-state index is 0.0104. The molecule has 3 N–H and O–H groups in total. The van der Waals surface area contributed by atoms with Gasteiger partial charge >= 0.3 is 0 Å². The van der Waals surface area contributed by atoms with Crippen LogP contribution in [0.2, 0.25) is 0 Å². The van der Waals surface area contributed by atoms with Crippen LogP contribution in [0.1, 0.15) is 38.3 Å². The summed E-state index contributed by atoms with van der Waals surface area (Å²) in [5.74, 6) is -0.269. The number of unbranched alkanes of at least 4 members (excludes halogenated alkanes) is 1. The maximum absolute atomic E-state index is 14.0. The largest absolute Gasteiger partial charge is 0.395 e. The second-order valence-corrected chi connectivity index (χ2v) is 4.53. The van der Waals surface area contributed by atoms with Crippen molar-refractivity contribution in [3.05, 3.63) is 29.6 Å². The number of benzene rings is 1. The lowest BCUT2D eigenvalue weighted by Crippen LogP contribution is -2.30. The number of aliphatic hydroxyl groups is 1. The van der Waals surface area contributed by atoms with E-state index < -0.39 is 0 Å². The molecule has 1 aromatic carbocycles. The van der Waals surface area contributed by atoms with E-state index in [2.05, 4.69) is 6.92 Å². The van der Waals surface area contributed by atoms with Crippen LogP contribution in [0.4, 0.5) is 10.1 Å². The molecule has 0 saturated carbocycles. The van der Waals surface area contributed by atoms with Crippen molar-refractivity contribution in [2.75, 3.05) is 24.6 Å². The van der Waals surface area contributed by atoms with Gasteiger partial charge in [-0.05, 0) is 25.0 Å². The molecule has 0 aliphatic heterocycles. The quantitative estimate of drug-likeness (QED) is 0.785. The highest BCUT2D eigenvalue weighted by Gasteiger charge is 2.17. The lowest BCUT2D eigenvalue weighted by Gasteiger charge is -2.28. The first kappa shape index (κ1) is 14.9. The van der Waals surface area contributed by atoms with Crippen molar-refractivity contribution in [2.24, 2.45) is 5.73 Å². The molecule has 1 rings (SSSR count). The summed E-state index contributed by atoms with van der Waals surface area (Å²) in [5, 5.41) is 9.12. The summed E-state index contributed by atoms with van der Waals surface area (Å²) in [6.07, 6.45) is 2.00. The Morgan fingerprint density at radius 2 is 2.11 bits per heavy atom. The fourth-order valence-electron chi connectivity index (χ4n) is 2.04. The number of aliphatic hydroxyl groups excluding tert-OH is 1. The average molecular weight is 254 g/mol. The molecule has 0 aliphatic rings. The molecule has 0 amide bonds. The minimum atomic E-state index is -0.269. The van der Waals surface area contributed by atoms with Crippen LogP contribution in [-0.2, 0) is 0 Å². The number of hydrogen-bond donors (Lipinski definition) is 2. The normalized spacial score (nSPS) is 12.5. The van der Waals surface area contributed by atoms with Gasteiger partial charge < -0.3 is 15.7 Å². The van der Waals surface area contributed by atoms with Crippen LogP contribution in [0.3, 0.4) is 0 Å². The van der Waals surface area contributed by atoms with E-state index in [-0.39, 0.29) is 18.5 Å². The molecule has 1 atom stereocenters. The van der Waals surface area contributed by atoms with Gasteiger partial charge in [-0.3, -0.25) is 0 Å². The van der Waals surface area contributed by atoms with E-state index >= 15 is 0 Å². The van der Waals surface area contributed by atoms with Crippen molar-refractivity contribution in [3.8, 4) is 0 Å². The van der Waals surface area contributed by atoms with E-state index in [4.69, 9.17) is 10.8 Å². The zero-order valence-corrected chi connectivity index (χ0v) is 11.2. The van der Waals surface area contributed by atoms with Gasteiger partial charge in [0.2, 0.25) is 0 Å². The summed E-state index contributed by atoms with van der Waals surface area (Å²) in [6.45, 7) is 5.11. The predicted molar refractivity (Wildman–Crippen MR) is 73.2 cm³/mol. The van der Waals surface area contributed by atoms with Crippen molar-refractivity contribution in [2.45, 2.75) is 32.7 Å². The first-order valence-corrected chi connectivity index (χ1v) is 6.51. The number of nitrogens with zero attached hydrogens (tertiary/aromatic N) is 1. The maximum Gasteiger partial charge on any atom is 0.146 e. The Morgan fingerprint density at radius 3 is 2.67 bits per heavy atom. The maximum atomic E-state index is 14.0. The SMILES string of the molecule is CCCCN(CCO)c1c(F)cccc1C(C)N. The van der Waals surface area contributed by atoms with E-state index in [0.29, 0.717) is 12.2 Å². The Kier molecular flexibility index (Phi) is 6.09. The number of rotatable bonds is 7. The Hall–Kier alpha value is -1.13. The molecule has 0 radical (unpaired) electrons. The van der Waals surface area contributed by atoms with Crippen LogP contribution in [0.15, 0.2) is 18.2 Å². The fourth-order valence-corrected chi connectivity index (χ4v) is 2.04. The molecule has 4 heteroatoms. The molecule has 0 saturated heterocycles. The molecular weight excluding hydrogens is 231 g/mol. The zero-order valence-electron chi connectivity index (χ0n) is 11.2. The van der Waals surface area contributed by atoms with Gasteiger partial charge in [0.25, 0.3) is 0 Å². The van der Waals surface area contributed by atoms with Gasteiger partial charge in [-0.15, -0.1) is 0 Å². The number of halogens is 1. The van der Waals surface area contributed by atoms with Crippen LogP contribution in [0.5, 0.6) is 0 Å². The zero-order chi connectivity index (χ0) is 13.5. The summed E-state index contributed by atoms with van der Waals surface area (Å²) in [6, 6.07) is 4.74. The van der Waals surface area contributed by atoms with E-state index in [1.807, 2.05) is 17.9 Å². The molecule has 0 fully saturated rings. The van der Waals surface area contributed by atoms with Crippen molar-refractivity contribution >= 4 is 5.69 Å². The molecule has 0 bridgehead atoms. The molecule has 3 nitrogen and oxygen atoms in total. The highest BCUT2D eigenvalue weighted by molar-refractivity contribution is 5.56. The summed E-state index contributed by atoms with van der Waals surface area (Å²) in [5.41, 5.74) is 7.22. The van der Waals surface area contributed by atoms with Crippen LogP contribution in [0.25, 0.3) is 0 Å². The molecule has 0 aliphatic carbocycles. The Balaban J connectivity index is 3.08. The van der Waals surface area contributed by atoms with Crippen LogP contribution >= 0.6 is 0 Å². The molecule has 102 valence electrons. The van der Waals surface area contributed by atoms with E-state index in [1.54, 1.807) is 6.07 Å². The molecule has 1 unspecified atom stereocenters. The standard InChI is InChI=1S/C14H23FN2O/c1-3-4-8-17(9-10-18)14-12(11(2)16)6-5-7-13(14)15/h5-7,11,18H,3-4,8-10,16H2,1-2H3. The predicted octanol–water partition coefficient (Wildman–Crippen LogP) is 2.44. The Morgan fingerprint density at radius 1 is 1.39 bits per heavy atom. The fraction of sp³-hybridized carbons (Fsp3) is 0.571. The smallest absolute Gasteiger partial charge is 0.146 e. The van der Waals surface area contributed by atoms with Crippen molar-refractivity contribution in [1.29, 1.82) is 0 Å². The van der Waals surface area contributed by atoms with Gasteiger partial charge in [-0.1, -0.05) is 25.5 Å². The van der Waals surface area contributed by atoms with Gasteiger partial charge in [-0.25, -0.2) is 4.39 Å². The first-order valence-electron chi connectivity index (χ1n) is 6.51. The highest BCUT2D eigenvalue weighted by atomic mass is 19.1. The van der Waals surface area contributed by atoms with Crippen LogP contribution < -0.4 is 10.6 Å². The Labute approximate surface area is 108 Å². The molecular formula is C14H23FN2O. The lowest BCUT2D eigenvalue weighted by atomic mass is 10.0. The van der Waals surface area contributed by atoms with Gasteiger partial charge in [0.05, 0.1) is 12.3 Å². The van der Waals surface area contributed by atoms with E-state index in [0.717, 1.165) is 24.9 Å². The van der Waals surface area contributed by atoms with Crippen molar-refractivity contribution in [3.63, 3.8) is 0 Å². The summed E-state index contributed by atoms with van der Waals surface area (Å²) in [4.78, 5) is 1.89. The van der Waals surface area contributed by atoms with Gasteiger partial charge in [-0.2, -0.15) is 0 Å². The van der Waals surface area contributed by atoms with E-state index in [9.17, 15) is 4.39 Å². The monoisotopic (exact) mass is 254 g/mol. The second-order valence-electron chi connectivity index (χ2n) is 4.53. The van der Waals surface area contributed by atoms with Crippen LogP contribution in [0, 0.1) is 5.82 Å². The molecule has 18 heavy (non-hydrogen) atoms. The first-order chi connectivity index (χ1) is 8.61. The third-order valence-electron chi connectivity index (χ3n) is 2.98. The summed E-state index contributed by atoms with van der Waals surface area (Å²) < 4.78 is 14.0. The number of nitrogens with two attached hydrogens (primary N) is 1. The van der Waals surface area contributed by atoms with Gasteiger partial charge in [0.1, 0.15) is 5.82 Å². The van der Waals surface area contributed by atoms with Crippen molar-refractivity contribution < 1.29 is 9.50 Å². The topological polar surface area (TPSA) is 49.5 Å². The van der Waals surface area contributed by atoms with E-state index in [1.165, 1.54) is 6.07 Å². The Bertz CT molecular complexity index is 369. The third-order valence-corrected chi connectivity index (χ3v) is 2.98. The van der Waals surface area contributed by atoms with Gasteiger partial charge in [0.15, 0.2) is 0 Å². The number of para-hydroxylation sites is 1. The highest BCUT2D eigenvalue weighted by Crippen LogP contribution is 2.28. The molecule has 0 spiro atoms. The lowest BCUT2D eigenvalue weighted by molar-refractivity contribution is 0.301. The number of anilines is 1. The van der Waals surface area contributed by atoms with Crippen molar-refractivity contribution in [1.82, 2.24) is 0 Å². The van der Waals surface area contributed by atoms with Crippen LogP contribution in [-0.4, -0.2) is 24.8 Å².